The van der Waals surface area contributed by atoms with Crippen molar-refractivity contribution >= 4 is 29.1 Å². The van der Waals surface area contributed by atoms with Crippen molar-refractivity contribution in [1.82, 2.24) is 9.80 Å². The van der Waals surface area contributed by atoms with E-state index in [4.69, 9.17) is 11.6 Å². The highest BCUT2D eigenvalue weighted by Crippen LogP contribution is 2.40. The van der Waals surface area contributed by atoms with Crippen molar-refractivity contribution in [3.05, 3.63) is 70.3 Å². The number of likely N-dealkylation sites (N-methyl/N-ethyl adjacent to an activating group) is 1. The van der Waals surface area contributed by atoms with Crippen molar-refractivity contribution in [2.75, 3.05) is 27.2 Å². The fraction of sp³-hybridized carbons (Fsp3) is 0.238. The summed E-state index contributed by atoms with van der Waals surface area (Å²) >= 11 is 5.98. The molecule has 3 rings (SSSR count). The molecule has 0 bridgehead atoms. The Kier molecular flexibility index (Phi) is 5.72. The van der Waals surface area contributed by atoms with Crippen LogP contribution in [0.15, 0.2) is 54.1 Å². The van der Waals surface area contributed by atoms with E-state index in [-0.39, 0.29) is 16.9 Å². The molecule has 0 radical (unpaired) electrons. The van der Waals surface area contributed by atoms with Crippen molar-refractivity contribution in [2.45, 2.75) is 6.04 Å². The van der Waals surface area contributed by atoms with Gasteiger partial charge in [-0.1, -0.05) is 35.9 Å². The van der Waals surface area contributed by atoms with E-state index >= 15 is 0 Å². The number of aromatic hydroxyl groups is 1. The Hall–Kier alpha value is -2.83. The van der Waals surface area contributed by atoms with Crippen LogP contribution in [0.2, 0.25) is 5.02 Å². The third-order valence-electron chi connectivity index (χ3n) is 4.67. The number of halogens is 1. The van der Waals surface area contributed by atoms with E-state index in [9.17, 15) is 19.8 Å². The molecule has 28 heavy (non-hydrogen) atoms. The predicted molar refractivity (Wildman–Crippen MR) is 107 cm³/mol. The number of nitrogens with zero attached hydrogens (tertiary/aromatic N) is 2. The average molecular weight is 401 g/mol. The van der Waals surface area contributed by atoms with E-state index in [1.807, 2.05) is 19.0 Å². The zero-order valence-electron chi connectivity index (χ0n) is 15.6. The van der Waals surface area contributed by atoms with Crippen molar-refractivity contribution in [2.24, 2.45) is 0 Å². The van der Waals surface area contributed by atoms with Crippen molar-refractivity contribution in [1.29, 1.82) is 0 Å². The Morgan fingerprint density at radius 1 is 1.11 bits per heavy atom. The first-order valence-corrected chi connectivity index (χ1v) is 9.16. The molecule has 0 spiro atoms. The number of carbonyl (C=O) groups excluding carboxylic acids is 2. The highest BCUT2D eigenvalue weighted by Gasteiger charge is 2.46. The van der Waals surface area contributed by atoms with Gasteiger partial charge in [-0.15, -0.1) is 0 Å². The number of para-hydroxylation sites is 1. The van der Waals surface area contributed by atoms with Gasteiger partial charge < -0.3 is 20.0 Å². The van der Waals surface area contributed by atoms with Gasteiger partial charge in [-0.2, -0.15) is 0 Å². The number of hydrogen-bond acceptors (Lipinski definition) is 5. The molecule has 146 valence electrons. The van der Waals surface area contributed by atoms with Crippen LogP contribution in [-0.2, 0) is 9.59 Å². The molecule has 1 amide bonds. The van der Waals surface area contributed by atoms with E-state index < -0.39 is 23.5 Å². The summed E-state index contributed by atoms with van der Waals surface area (Å²) in [6.45, 7) is 0.857. The summed E-state index contributed by atoms with van der Waals surface area (Å²) in [5.74, 6) is -2.03. The van der Waals surface area contributed by atoms with E-state index in [0.717, 1.165) is 0 Å². The quantitative estimate of drug-likeness (QED) is 0.458. The highest BCUT2D eigenvalue weighted by molar-refractivity contribution is 6.46. The lowest BCUT2D eigenvalue weighted by Gasteiger charge is -2.26. The largest absolute Gasteiger partial charge is 0.507 e. The molecule has 1 heterocycles. The second-order valence-electron chi connectivity index (χ2n) is 6.86. The maximum absolute atomic E-state index is 12.8. The molecule has 0 aliphatic carbocycles. The Morgan fingerprint density at radius 2 is 1.75 bits per heavy atom. The van der Waals surface area contributed by atoms with Crippen LogP contribution in [0, 0.1) is 0 Å². The molecule has 2 aromatic carbocycles. The number of carbonyl (C=O) groups is 2. The third-order valence-corrected chi connectivity index (χ3v) is 4.92. The predicted octanol–water partition coefficient (Wildman–Crippen LogP) is 3.03. The van der Waals surface area contributed by atoms with E-state index in [0.29, 0.717) is 23.7 Å². The number of amides is 1. The molecule has 1 saturated heterocycles. The molecule has 7 heteroatoms. The molecule has 0 unspecified atom stereocenters. The van der Waals surface area contributed by atoms with Gasteiger partial charge in [0, 0.05) is 18.1 Å². The minimum absolute atomic E-state index is 0.0485. The summed E-state index contributed by atoms with van der Waals surface area (Å²) in [7, 11) is 3.74. The van der Waals surface area contributed by atoms with Gasteiger partial charge in [0.15, 0.2) is 0 Å². The number of aliphatic hydroxyl groups excluding tert-OH is 1. The van der Waals surface area contributed by atoms with Gasteiger partial charge in [0.25, 0.3) is 11.7 Å². The van der Waals surface area contributed by atoms with Gasteiger partial charge in [0.2, 0.25) is 0 Å². The highest BCUT2D eigenvalue weighted by atomic mass is 35.5. The Balaban J connectivity index is 2.16. The van der Waals surface area contributed by atoms with Crippen molar-refractivity contribution in [3.8, 4) is 5.75 Å². The number of rotatable bonds is 5. The Morgan fingerprint density at radius 3 is 2.36 bits per heavy atom. The topological polar surface area (TPSA) is 81.1 Å². The SMILES string of the molecule is CN(C)CCN1C(=O)C(=O)C(=C(O)c2ccccc2O)[C@@H]1c1ccc(Cl)cc1. The second-order valence-corrected chi connectivity index (χ2v) is 7.30. The molecule has 0 saturated carbocycles. The lowest BCUT2D eigenvalue weighted by atomic mass is 9.95. The standard InChI is InChI=1S/C21H21ClN2O4/c1-23(2)11-12-24-18(13-7-9-14(22)10-8-13)17(20(27)21(24)28)19(26)15-5-3-4-6-16(15)25/h3-10,18,25-26H,11-12H2,1-2H3/t18-/m0/s1. The third kappa shape index (κ3) is 3.74. The van der Waals surface area contributed by atoms with Gasteiger partial charge in [-0.05, 0) is 43.9 Å². The van der Waals surface area contributed by atoms with Crippen molar-refractivity contribution < 1.29 is 19.8 Å². The molecule has 1 fully saturated rings. The van der Waals surface area contributed by atoms with Crippen LogP contribution in [0.5, 0.6) is 5.75 Å². The summed E-state index contributed by atoms with van der Waals surface area (Å²) in [6.07, 6.45) is 0. The summed E-state index contributed by atoms with van der Waals surface area (Å²) in [4.78, 5) is 28.9. The van der Waals surface area contributed by atoms with Crippen LogP contribution in [0.1, 0.15) is 17.2 Å². The first-order chi connectivity index (χ1) is 13.3. The summed E-state index contributed by atoms with van der Waals surface area (Å²) in [6, 6.07) is 12.2. The summed E-state index contributed by atoms with van der Waals surface area (Å²) in [5.41, 5.74) is 0.707. The zero-order valence-corrected chi connectivity index (χ0v) is 16.3. The first-order valence-electron chi connectivity index (χ1n) is 8.78. The molecule has 6 nitrogen and oxygen atoms in total. The van der Waals surface area contributed by atoms with E-state index in [2.05, 4.69) is 0 Å². The number of phenols is 1. The van der Waals surface area contributed by atoms with Gasteiger partial charge in [-0.25, -0.2) is 0 Å². The van der Waals surface area contributed by atoms with E-state index in [1.54, 1.807) is 36.4 Å². The van der Waals surface area contributed by atoms with Crippen LogP contribution in [0.4, 0.5) is 0 Å². The number of benzene rings is 2. The van der Waals surface area contributed by atoms with Crippen LogP contribution >= 0.6 is 11.6 Å². The van der Waals surface area contributed by atoms with Crippen molar-refractivity contribution in [3.63, 3.8) is 0 Å². The van der Waals surface area contributed by atoms with E-state index in [1.165, 1.54) is 17.0 Å². The molecule has 1 aliphatic rings. The van der Waals surface area contributed by atoms with Crippen LogP contribution in [0.25, 0.3) is 5.76 Å². The molecular weight excluding hydrogens is 380 g/mol. The smallest absolute Gasteiger partial charge is 0.295 e. The minimum Gasteiger partial charge on any atom is -0.507 e. The van der Waals surface area contributed by atoms with Crippen LogP contribution < -0.4 is 0 Å². The number of aliphatic hydroxyl groups is 1. The van der Waals surface area contributed by atoms with Gasteiger partial charge in [0.1, 0.15) is 11.5 Å². The molecular formula is C21H21ClN2O4. The number of phenolic OH excluding ortho intramolecular Hbond substituents is 1. The molecule has 2 aromatic rings. The summed E-state index contributed by atoms with van der Waals surface area (Å²) < 4.78 is 0. The van der Waals surface area contributed by atoms with Gasteiger partial charge in [-0.3, -0.25) is 9.59 Å². The van der Waals surface area contributed by atoms with Crippen LogP contribution in [-0.4, -0.2) is 58.9 Å². The van der Waals surface area contributed by atoms with Gasteiger partial charge >= 0.3 is 0 Å². The first kappa shape index (κ1) is 19.9. The fourth-order valence-electron chi connectivity index (χ4n) is 3.23. The average Bonchev–Trinajstić information content (AvgIpc) is 2.91. The molecule has 1 atom stereocenters. The Labute approximate surface area is 168 Å². The zero-order chi connectivity index (χ0) is 20.4. The number of hydrogen-bond donors (Lipinski definition) is 2. The second kappa shape index (κ2) is 8.04. The lowest BCUT2D eigenvalue weighted by molar-refractivity contribution is -0.140. The maximum Gasteiger partial charge on any atom is 0.295 e. The van der Waals surface area contributed by atoms with Crippen LogP contribution in [0.3, 0.4) is 0 Å². The summed E-state index contributed by atoms with van der Waals surface area (Å²) in [5, 5.41) is 21.5. The van der Waals surface area contributed by atoms with Gasteiger partial charge in [0.05, 0.1) is 17.2 Å². The number of ketones is 1. The fourth-order valence-corrected chi connectivity index (χ4v) is 3.35. The molecule has 0 aromatic heterocycles. The maximum atomic E-state index is 12.8. The monoisotopic (exact) mass is 400 g/mol. The normalized spacial score (nSPS) is 18.9. The Bertz CT molecular complexity index is 938. The molecule has 1 aliphatic heterocycles. The molecule has 2 N–H and O–H groups in total. The minimum atomic E-state index is -0.778. The number of likely N-dealkylation sites (tertiary alicyclic amines) is 1. The number of Topliss-reactive ketones (excluding diaryl/α,β-unsaturated/α-hetero) is 1. The lowest BCUT2D eigenvalue weighted by Crippen LogP contribution is -2.35.